The molecular formula is C31H28O4. The fraction of sp³-hybridized carbons (Fsp3) is 0.161. The SMILES string of the molecule is Cc1ccc(OCc2ccc(C(=O)O[C@H](C(=O)c3ccc(C)c(C)c3)c3ccccc3)cc2)cc1. The van der Waals surface area contributed by atoms with Gasteiger partial charge in [-0.2, -0.15) is 0 Å². The number of rotatable bonds is 8. The number of carbonyl (C=O) groups is 2. The molecule has 0 N–H and O–H groups in total. The summed E-state index contributed by atoms with van der Waals surface area (Å²) >= 11 is 0. The van der Waals surface area contributed by atoms with Gasteiger partial charge in [0.25, 0.3) is 0 Å². The van der Waals surface area contributed by atoms with Crippen molar-refractivity contribution in [2.45, 2.75) is 33.5 Å². The van der Waals surface area contributed by atoms with Crippen molar-refractivity contribution in [3.8, 4) is 5.75 Å². The number of ketones is 1. The van der Waals surface area contributed by atoms with Gasteiger partial charge in [0.2, 0.25) is 5.78 Å². The van der Waals surface area contributed by atoms with E-state index in [-0.39, 0.29) is 5.78 Å². The molecule has 0 amide bonds. The average molecular weight is 465 g/mol. The lowest BCUT2D eigenvalue weighted by Gasteiger charge is -2.18. The Hall–Kier alpha value is -4.18. The summed E-state index contributed by atoms with van der Waals surface area (Å²) in [5.74, 6) is -0.0209. The maximum Gasteiger partial charge on any atom is 0.339 e. The Labute approximate surface area is 206 Å². The van der Waals surface area contributed by atoms with Gasteiger partial charge in [0.05, 0.1) is 5.56 Å². The van der Waals surface area contributed by atoms with Gasteiger partial charge in [-0.1, -0.05) is 72.3 Å². The molecule has 4 nitrogen and oxygen atoms in total. The molecule has 0 spiro atoms. The van der Waals surface area contributed by atoms with E-state index < -0.39 is 12.1 Å². The lowest BCUT2D eigenvalue weighted by molar-refractivity contribution is 0.0280. The summed E-state index contributed by atoms with van der Waals surface area (Å²) in [6.07, 6.45) is -1.03. The van der Waals surface area contributed by atoms with Crippen LogP contribution in [0.25, 0.3) is 0 Å². The molecule has 0 saturated heterocycles. The van der Waals surface area contributed by atoms with Crippen LogP contribution in [-0.2, 0) is 11.3 Å². The molecule has 0 radical (unpaired) electrons. The second-order valence-corrected chi connectivity index (χ2v) is 8.66. The highest BCUT2D eigenvalue weighted by Gasteiger charge is 2.27. The summed E-state index contributed by atoms with van der Waals surface area (Å²) in [6, 6.07) is 29.5. The summed E-state index contributed by atoms with van der Waals surface area (Å²) in [5.41, 5.74) is 5.72. The van der Waals surface area contributed by atoms with Crippen molar-refractivity contribution in [1.82, 2.24) is 0 Å². The van der Waals surface area contributed by atoms with E-state index >= 15 is 0 Å². The van der Waals surface area contributed by atoms with E-state index in [0.717, 1.165) is 22.4 Å². The Morgan fingerprint density at radius 3 is 2.03 bits per heavy atom. The third-order valence-electron chi connectivity index (χ3n) is 5.97. The van der Waals surface area contributed by atoms with Crippen LogP contribution in [0.15, 0.2) is 97.1 Å². The molecule has 4 aromatic rings. The number of hydrogen-bond acceptors (Lipinski definition) is 4. The van der Waals surface area contributed by atoms with Crippen LogP contribution in [0.3, 0.4) is 0 Å². The van der Waals surface area contributed by atoms with Gasteiger partial charge in [-0.05, 0) is 67.8 Å². The molecule has 4 heteroatoms. The Kier molecular flexibility index (Phi) is 7.41. The minimum atomic E-state index is -1.03. The topological polar surface area (TPSA) is 52.6 Å². The number of Topliss-reactive ketones (excluding diaryl/α,β-unsaturated/α-hetero) is 1. The van der Waals surface area contributed by atoms with Gasteiger partial charge in [-0.25, -0.2) is 4.79 Å². The van der Waals surface area contributed by atoms with Crippen LogP contribution < -0.4 is 4.74 Å². The Morgan fingerprint density at radius 1 is 0.714 bits per heavy atom. The maximum atomic E-state index is 13.4. The molecule has 0 saturated carbocycles. The van der Waals surface area contributed by atoms with Gasteiger partial charge in [0, 0.05) is 11.1 Å². The molecule has 0 aliphatic heterocycles. The van der Waals surface area contributed by atoms with E-state index in [1.807, 2.05) is 87.5 Å². The summed E-state index contributed by atoms with van der Waals surface area (Å²) in [5, 5.41) is 0. The number of benzene rings is 4. The fourth-order valence-corrected chi connectivity index (χ4v) is 3.66. The number of hydrogen-bond donors (Lipinski definition) is 0. The molecular weight excluding hydrogens is 436 g/mol. The first kappa shape index (κ1) is 24.0. The van der Waals surface area contributed by atoms with Crippen molar-refractivity contribution in [2.24, 2.45) is 0 Å². The first-order valence-corrected chi connectivity index (χ1v) is 11.6. The molecule has 0 aliphatic carbocycles. The number of ether oxygens (including phenoxy) is 2. The van der Waals surface area contributed by atoms with E-state index in [1.165, 1.54) is 5.56 Å². The lowest BCUT2D eigenvalue weighted by atomic mass is 9.97. The van der Waals surface area contributed by atoms with Gasteiger partial charge < -0.3 is 9.47 Å². The highest BCUT2D eigenvalue weighted by molar-refractivity contribution is 6.02. The zero-order chi connectivity index (χ0) is 24.8. The third-order valence-corrected chi connectivity index (χ3v) is 5.97. The molecule has 4 aromatic carbocycles. The second kappa shape index (κ2) is 10.8. The normalized spacial score (nSPS) is 11.5. The second-order valence-electron chi connectivity index (χ2n) is 8.66. The molecule has 0 aromatic heterocycles. The van der Waals surface area contributed by atoms with Gasteiger partial charge in [-0.15, -0.1) is 0 Å². The van der Waals surface area contributed by atoms with Crippen LogP contribution in [0.2, 0.25) is 0 Å². The molecule has 0 aliphatic rings. The first-order chi connectivity index (χ1) is 16.9. The van der Waals surface area contributed by atoms with E-state index in [0.29, 0.717) is 23.3 Å². The quantitative estimate of drug-likeness (QED) is 0.209. The third kappa shape index (κ3) is 6.04. The summed E-state index contributed by atoms with van der Waals surface area (Å²) in [7, 11) is 0. The number of esters is 1. The molecule has 4 rings (SSSR count). The molecule has 0 heterocycles. The Balaban J connectivity index is 1.48. The number of aryl methyl sites for hydroxylation is 3. The van der Waals surface area contributed by atoms with Crippen LogP contribution in [0.5, 0.6) is 5.75 Å². The van der Waals surface area contributed by atoms with Crippen molar-refractivity contribution >= 4 is 11.8 Å². The standard InChI is InChI=1S/C31H28O4/c1-21-9-17-28(18-10-21)34-20-24-12-15-26(16-13-24)31(33)35-30(25-7-5-4-6-8-25)29(32)27-14-11-22(2)23(3)19-27/h4-19,30H,20H2,1-3H3/t30-/m0/s1. The van der Waals surface area contributed by atoms with Crippen LogP contribution in [0, 0.1) is 20.8 Å². The minimum Gasteiger partial charge on any atom is -0.489 e. The van der Waals surface area contributed by atoms with Crippen molar-refractivity contribution in [2.75, 3.05) is 0 Å². The molecule has 176 valence electrons. The van der Waals surface area contributed by atoms with Gasteiger partial charge in [0.1, 0.15) is 12.4 Å². The number of carbonyl (C=O) groups excluding carboxylic acids is 2. The molecule has 0 bridgehead atoms. The highest BCUT2D eigenvalue weighted by Crippen LogP contribution is 2.25. The van der Waals surface area contributed by atoms with E-state index in [2.05, 4.69) is 0 Å². The van der Waals surface area contributed by atoms with E-state index in [1.54, 1.807) is 30.3 Å². The average Bonchev–Trinajstić information content (AvgIpc) is 2.89. The van der Waals surface area contributed by atoms with Gasteiger partial charge in [0.15, 0.2) is 6.10 Å². The fourth-order valence-electron chi connectivity index (χ4n) is 3.66. The van der Waals surface area contributed by atoms with Crippen LogP contribution >= 0.6 is 0 Å². The molecule has 35 heavy (non-hydrogen) atoms. The Bertz CT molecular complexity index is 1310. The molecule has 1 atom stereocenters. The highest BCUT2D eigenvalue weighted by atomic mass is 16.5. The molecule has 0 fully saturated rings. The van der Waals surface area contributed by atoms with E-state index in [9.17, 15) is 9.59 Å². The van der Waals surface area contributed by atoms with Crippen molar-refractivity contribution in [3.05, 3.63) is 136 Å². The van der Waals surface area contributed by atoms with Crippen LogP contribution in [0.4, 0.5) is 0 Å². The van der Waals surface area contributed by atoms with E-state index in [4.69, 9.17) is 9.47 Å². The zero-order valence-electron chi connectivity index (χ0n) is 20.2. The first-order valence-electron chi connectivity index (χ1n) is 11.6. The minimum absolute atomic E-state index is 0.254. The summed E-state index contributed by atoms with van der Waals surface area (Å²) in [4.78, 5) is 26.4. The van der Waals surface area contributed by atoms with Crippen LogP contribution in [-0.4, -0.2) is 11.8 Å². The monoisotopic (exact) mass is 464 g/mol. The van der Waals surface area contributed by atoms with Crippen molar-refractivity contribution < 1.29 is 19.1 Å². The lowest BCUT2D eigenvalue weighted by Crippen LogP contribution is -2.20. The molecule has 0 unspecified atom stereocenters. The Morgan fingerprint density at radius 2 is 1.37 bits per heavy atom. The van der Waals surface area contributed by atoms with Crippen LogP contribution in [0.1, 0.15) is 54.6 Å². The smallest absolute Gasteiger partial charge is 0.339 e. The van der Waals surface area contributed by atoms with Gasteiger partial charge >= 0.3 is 5.97 Å². The predicted molar refractivity (Wildman–Crippen MR) is 137 cm³/mol. The van der Waals surface area contributed by atoms with Crippen molar-refractivity contribution in [3.63, 3.8) is 0 Å². The maximum absolute atomic E-state index is 13.4. The predicted octanol–water partition coefficient (Wildman–Crippen LogP) is 6.97. The van der Waals surface area contributed by atoms with Crippen molar-refractivity contribution in [1.29, 1.82) is 0 Å². The summed E-state index contributed by atoms with van der Waals surface area (Å²) < 4.78 is 11.6. The largest absolute Gasteiger partial charge is 0.489 e. The summed E-state index contributed by atoms with van der Waals surface area (Å²) in [6.45, 7) is 6.36. The zero-order valence-corrected chi connectivity index (χ0v) is 20.2. The van der Waals surface area contributed by atoms with Gasteiger partial charge in [-0.3, -0.25) is 4.79 Å².